The van der Waals surface area contributed by atoms with Crippen LogP contribution in [-0.4, -0.2) is 46.6 Å². The first kappa shape index (κ1) is 16.0. The van der Waals surface area contributed by atoms with Crippen molar-refractivity contribution in [1.29, 1.82) is 0 Å². The molecule has 0 aliphatic heterocycles. The van der Waals surface area contributed by atoms with Crippen LogP contribution in [0.1, 0.15) is 0 Å². The number of pyridine rings is 1. The van der Waals surface area contributed by atoms with E-state index in [2.05, 4.69) is 57.4 Å². The van der Waals surface area contributed by atoms with E-state index in [1.165, 1.54) is 0 Å². The molecule has 6 heteroatoms. The summed E-state index contributed by atoms with van der Waals surface area (Å²) in [5, 5.41) is 4.64. The number of imidazole rings is 1. The second kappa shape index (κ2) is 6.68. The lowest BCUT2D eigenvalue weighted by Crippen LogP contribution is -2.20. The van der Waals surface area contributed by atoms with E-state index in [-0.39, 0.29) is 0 Å². The molecule has 3 rings (SSSR count). The summed E-state index contributed by atoms with van der Waals surface area (Å²) in [6.45, 7) is 1.84. The highest BCUT2D eigenvalue weighted by molar-refractivity contribution is 9.10. The van der Waals surface area contributed by atoms with E-state index in [1.54, 1.807) is 6.20 Å². The highest BCUT2D eigenvalue weighted by Crippen LogP contribution is 2.29. The molecule has 2 heterocycles. The number of fused-ring (bicyclic) bond motifs is 1. The maximum Gasteiger partial charge on any atom is 0.158 e. The second-order valence-corrected chi connectivity index (χ2v) is 6.72. The summed E-state index contributed by atoms with van der Waals surface area (Å²) in [5.74, 6) is 0.866. The molecule has 0 unspecified atom stereocenters. The summed E-state index contributed by atoms with van der Waals surface area (Å²) < 4.78 is 3.03. The number of nitrogens with one attached hydrogen (secondary N) is 1. The van der Waals surface area contributed by atoms with E-state index < -0.39 is 0 Å². The molecule has 1 N–H and O–H groups in total. The molecule has 120 valence electrons. The van der Waals surface area contributed by atoms with Gasteiger partial charge >= 0.3 is 0 Å². The molecule has 0 bridgehead atoms. The Bertz CT molecular complexity index is 825. The van der Waals surface area contributed by atoms with Crippen LogP contribution in [0.3, 0.4) is 0 Å². The summed E-state index contributed by atoms with van der Waals surface area (Å²) in [7, 11) is 6.12. The topological polar surface area (TPSA) is 46.0 Å². The van der Waals surface area contributed by atoms with Crippen molar-refractivity contribution in [3.05, 3.63) is 41.1 Å². The maximum atomic E-state index is 4.77. The fourth-order valence-electron chi connectivity index (χ4n) is 2.49. The predicted octanol–water partition coefficient (Wildman–Crippen LogP) is 3.37. The minimum atomic E-state index is 0.866. The quantitative estimate of drug-likeness (QED) is 0.744. The number of aryl methyl sites for hydroxylation is 1. The number of likely N-dealkylation sites (N-methyl/N-ethyl adjacent to an activating group) is 1. The molecule has 0 spiro atoms. The zero-order valence-electron chi connectivity index (χ0n) is 13.5. The van der Waals surface area contributed by atoms with Crippen molar-refractivity contribution >= 4 is 32.5 Å². The molecule has 0 aliphatic carbocycles. The van der Waals surface area contributed by atoms with Crippen LogP contribution in [0.4, 0.5) is 5.69 Å². The molecule has 5 nitrogen and oxygen atoms in total. The Morgan fingerprint density at radius 3 is 2.78 bits per heavy atom. The Kier molecular flexibility index (Phi) is 4.63. The molecule has 0 aliphatic rings. The summed E-state index contributed by atoms with van der Waals surface area (Å²) in [6.07, 6.45) is 3.73. The largest absolute Gasteiger partial charge is 0.383 e. The van der Waals surface area contributed by atoms with Gasteiger partial charge in [-0.15, -0.1) is 0 Å². The SMILES string of the molecule is CN(C)CCNc1cc(-c2nccn2C)nc2ccc(Br)cc12. The summed E-state index contributed by atoms with van der Waals surface area (Å²) in [6, 6.07) is 8.22. The molecule has 0 saturated heterocycles. The molecule has 1 aromatic carbocycles. The van der Waals surface area contributed by atoms with Crippen molar-refractivity contribution in [2.45, 2.75) is 0 Å². The molecule has 23 heavy (non-hydrogen) atoms. The van der Waals surface area contributed by atoms with Crippen molar-refractivity contribution in [2.75, 3.05) is 32.5 Å². The Balaban J connectivity index is 2.06. The fraction of sp³-hybridized carbons (Fsp3) is 0.294. The molecule has 0 atom stereocenters. The zero-order chi connectivity index (χ0) is 16.4. The predicted molar refractivity (Wildman–Crippen MR) is 98.7 cm³/mol. The first-order valence-electron chi connectivity index (χ1n) is 7.51. The lowest BCUT2D eigenvalue weighted by molar-refractivity contribution is 0.425. The Labute approximate surface area is 144 Å². The van der Waals surface area contributed by atoms with Gasteiger partial charge in [-0.1, -0.05) is 15.9 Å². The fourth-order valence-corrected chi connectivity index (χ4v) is 2.85. The lowest BCUT2D eigenvalue weighted by Gasteiger charge is -2.14. The minimum absolute atomic E-state index is 0.866. The van der Waals surface area contributed by atoms with E-state index in [9.17, 15) is 0 Å². The molecule has 0 amide bonds. The van der Waals surface area contributed by atoms with Crippen LogP contribution in [0.5, 0.6) is 0 Å². The van der Waals surface area contributed by atoms with Gasteiger partial charge in [0.2, 0.25) is 0 Å². The van der Waals surface area contributed by atoms with Gasteiger partial charge in [-0.05, 0) is 38.4 Å². The number of rotatable bonds is 5. The Morgan fingerprint density at radius 2 is 2.09 bits per heavy atom. The average Bonchev–Trinajstić information content (AvgIpc) is 2.93. The smallest absolute Gasteiger partial charge is 0.158 e. The summed E-state index contributed by atoms with van der Waals surface area (Å²) in [5.41, 5.74) is 2.91. The van der Waals surface area contributed by atoms with Crippen molar-refractivity contribution in [1.82, 2.24) is 19.4 Å². The number of benzene rings is 1. The second-order valence-electron chi connectivity index (χ2n) is 5.81. The van der Waals surface area contributed by atoms with Gasteiger partial charge in [0.05, 0.1) is 5.52 Å². The van der Waals surface area contributed by atoms with Crippen LogP contribution in [0.2, 0.25) is 0 Å². The van der Waals surface area contributed by atoms with Crippen molar-refractivity contribution in [3.63, 3.8) is 0 Å². The first-order valence-corrected chi connectivity index (χ1v) is 8.30. The average molecular weight is 374 g/mol. The minimum Gasteiger partial charge on any atom is -0.383 e. The van der Waals surface area contributed by atoms with Gasteiger partial charge in [0.25, 0.3) is 0 Å². The van der Waals surface area contributed by atoms with E-state index in [0.29, 0.717) is 0 Å². The van der Waals surface area contributed by atoms with Gasteiger partial charge in [0.15, 0.2) is 5.82 Å². The van der Waals surface area contributed by atoms with Crippen molar-refractivity contribution in [2.24, 2.45) is 7.05 Å². The van der Waals surface area contributed by atoms with Gasteiger partial charge in [0, 0.05) is 48.1 Å². The van der Waals surface area contributed by atoms with Crippen LogP contribution in [0.25, 0.3) is 22.4 Å². The Hall–Kier alpha value is -1.92. The Morgan fingerprint density at radius 1 is 1.26 bits per heavy atom. The van der Waals surface area contributed by atoms with Gasteiger partial charge in [0.1, 0.15) is 5.69 Å². The van der Waals surface area contributed by atoms with Gasteiger partial charge in [-0.25, -0.2) is 9.97 Å². The third kappa shape index (κ3) is 3.54. The summed E-state index contributed by atoms with van der Waals surface area (Å²) in [4.78, 5) is 11.3. The van der Waals surface area contributed by atoms with Gasteiger partial charge < -0.3 is 14.8 Å². The highest BCUT2D eigenvalue weighted by Gasteiger charge is 2.11. The van der Waals surface area contributed by atoms with Crippen LogP contribution in [-0.2, 0) is 7.05 Å². The van der Waals surface area contributed by atoms with E-state index in [4.69, 9.17) is 4.98 Å². The standard InChI is InChI=1S/C17H20BrN5/c1-22(2)8-6-19-15-11-16(17-20-7-9-23(17)3)21-14-5-4-12(18)10-13(14)15/h4-5,7,9-11H,6,8H2,1-3H3,(H,19,21). The maximum absolute atomic E-state index is 4.77. The number of hydrogen-bond acceptors (Lipinski definition) is 4. The third-order valence-corrected chi connectivity index (χ3v) is 4.19. The number of aromatic nitrogens is 3. The molecule has 0 saturated carbocycles. The molecular formula is C17H20BrN5. The van der Waals surface area contributed by atoms with Crippen molar-refractivity contribution < 1.29 is 0 Å². The number of nitrogens with zero attached hydrogens (tertiary/aromatic N) is 4. The first-order chi connectivity index (χ1) is 11.0. The monoisotopic (exact) mass is 373 g/mol. The molecule has 3 aromatic rings. The zero-order valence-corrected chi connectivity index (χ0v) is 15.1. The van der Waals surface area contributed by atoms with Gasteiger partial charge in [-0.3, -0.25) is 0 Å². The van der Waals surface area contributed by atoms with Gasteiger partial charge in [-0.2, -0.15) is 0 Å². The van der Waals surface area contributed by atoms with Crippen LogP contribution in [0, 0.1) is 0 Å². The van der Waals surface area contributed by atoms with E-state index >= 15 is 0 Å². The third-order valence-electron chi connectivity index (χ3n) is 3.70. The molecule has 0 fully saturated rings. The number of hydrogen-bond donors (Lipinski definition) is 1. The molecule has 2 aromatic heterocycles. The highest BCUT2D eigenvalue weighted by atomic mass is 79.9. The van der Waals surface area contributed by atoms with Crippen LogP contribution < -0.4 is 5.32 Å². The normalized spacial score (nSPS) is 11.3. The number of halogens is 1. The van der Waals surface area contributed by atoms with Crippen LogP contribution >= 0.6 is 15.9 Å². The summed E-state index contributed by atoms with van der Waals surface area (Å²) >= 11 is 3.55. The molecule has 0 radical (unpaired) electrons. The van der Waals surface area contributed by atoms with Crippen LogP contribution in [0.15, 0.2) is 41.1 Å². The lowest BCUT2D eigenvalue weighted by atomic mass is 10.1. The van der Waals surface area contributed by atoms with E-state index in [1.807, 2.05) is 29.9 Å². The van der Waals surface area contributed by atoms with E-state index in [0.717, 1.165) is 45.7 Å². The molecular weight excluding hydrogens is 354 g/mol. The number of anilines is 1. The van der Waals surface area contributed by atoms with Crippen molar-refractivity contribution in [3.8, 4) is 11.5 Å².